The Hall–Kier alpha value is -3.19. The summed E-state index contributed by atoms with van der Waals surface area (Å²) < 4.78 is 23.4. The van der Waals surface area contributed by atoms with Gasteiger partial charge in [0.05, 0.1) is 27.0 Å². The monoisotopic (exact) mass is 483 g/mol. The van der Waals surface area contributed by atoms with Gasteiger partial charge in [-0.1, -0.05) is 46.3 Å². The number of para-hydroxylation sites is 1. The van der Waals surface area contributed by atoms with Crippen LogP contribution in [0.25, 0.3) is 0 Å². The quantitative estimate of drug-likeness (QED) is 0.442. The van der Waals surface area contributed by atoms with Crippen molar-refractivity contribution in [3.63, 3.8) is 0 Å². The molecule has 31 heavy (non-hydrogen) atoms. The van der Waals surface area contributed by atoms with Crippen molar-refractivity contribution in [3.05, 3.63) is 76.8 Å². The van der Waals surface area contributed by atoms with Crippen LogP contribution < -0.4 is 23.8 Å². The summed E-state index contributed by atoms with van der Waals surface area (Å²) >= 11 is 3.47. The Morgan fingerprint density at radius 2 is 1.45 bits per heavy atom. The number of nitrogens with zero attached hydrogens (tertiary/aromatic N) is 1. The second-order valence-electron chi connectivity index (χ2n) is 6.94. The standard InChI is InChI=1S/C24H22BrNO5/c1-28-19-13-17(14-20(29-2)22(19)30-3)26-21(15-9-11-16(25)12-10-15)23(24(26)27)31-18-7-5-4-6-8-18/h4-14,21,23H,1-3H3/t21-,23+/m1/s1. The van der Waals surface area contributed by atoms with Crippen LogP contribution in [0.1, 0.15) is 11.6 Å². The summed E-state index contributed by atoms with van der Waals surface area (Å²) in [5.41, 5.74) is 1.60. The molecule has 4 rings (SSSR count). The van der Waals surface area contributed by atoms with Crippen LogP contribution >= 0.6 is 15.9 Å². The molecule has 1 amide bonds. The van der Waals surface area contributed by atoms with Crippen molar-refractivity contribution in [1.82, 2.24) is 0 Å². The number of ether oxygens (including phenoxy) is 4. The second-order valence-corrected chi connectivity index (χ2v) is 7.86. The molecule has 6 nitrogen and oxygen atoms in total. The molecule has 1 aliphatic rings. The van der Waals surface area contributed by atoms with E-state index in [0.717, 1.165) is 10.0 Å². The number of benzene rings is 3. The molecule has 0 N–H and O–H groups in total. The van der Waals surface area contributed by atoms with E-state index in [4.69, 9.17) is 18.9 Å². The van der Waals surface area contributed by atoms with Crippen LogP contribution in [0.3, 0.4) is 0 Å². The normalized spacial score (nSPS) is 17.7. The molecule has 0 unspecified atom stereocenters. The SMILES string of the molecule is COc1cc(N2C(=O)[C@@H](Oc3ccccc3)[C@H]2c2ccc(Br)cc2)cc(OC)c1OC. The molecule has 2 atom stereocenters. The predicted molar refractivity (Wildman–Crippen MR) is 121 cm³/mol. The number of carbonyl (C=O) groups is 1. The minimum atomic E-state index is -0.650. The highest BCUT2D eigenvalue weighted by molar-refractivity contribution is 9.10. The molecule has 7 heteroatoms. The van der Waals surface area contributed by atoms with E-state index in [-0.39, 0.29) is 11.9 Å². The van der Waals surface area contributed by atoms with Gasteiger partial charge in [-0.25, -0.2) is 0 Å². The number of carbonyl (C=O) groups excluding carboxylic acids is 1. The Bertz CT molecular complexity index is 1050. The van der Waals surface area contributed by atoms with Crippen molar-refractivity contribution in [2.75, 3.05) is 26.2 Å². The highest BCUT2D eigenvalue weighted by atomic mass is 79.9. The third-order valence-electron chi connectivity index (χ3n) is 5.19. The van der Waals surface area contributed by atoms with Crippen molar-refractivity contribution in [3.8, 4) is 23.0 Å². The van der Waals surface area contributed by atoms with Gasteiger partial charge in [0.2, 0.25) is 11.9 Å². The average Bonchev–Trinajstić information content (AvgIpc) is 2.81. The van der Waals surface area contributed by atoms with E-state index in [1.54, 1.807) is 38.4 Å². The molecule has 0 aliphatic carbocycles. The fourth-order valence-corrected chi connectivity index (χ4v) is 3.97. The molecular formula is C24H22BrNO5. The minimum absolute atomic E-state index is 0.147. The first-order valence-corrected chi connectivity index (χ1v) is 10.5. The largest absolute Gasteiger partial charge is 0.493 e. The van der Waals surface area contributed by atoms with Crippen LogP contribution in [-0.4, -0.2) is 33.3 Å². The zero-order valence-electron chi connectivity index (χ0n) is 17.4. The first-order valence-electron chi connectivity index (χ1n) is 9.67. The molecular weight excluding hydrogens is 462 g/mol. The Morgan fingerprint density at radius 3 is 2.00 bits per heavy atom. The lowest BCUT2D eigenvalue weighted by atomic mass is 9.89. The number of rotatable bonds is 7. The Kier molecular flexibility index (Phi) is 6.04. The lowest BCUT2D eigenvalue weighted by Gasteiger charge is -2.46. The summed E-state index contributed by atoms with van der Waals surface area (Å²) in [4.78, 5) is 14.9. The number of anilines is 1. The van der Waals surface area contributed by atoms with E-state index in [1.807, 2.05) is 54.6 Å². The molecule has 0 bridgehead atoms. The van der Waals surface area contributed by atoms with E-state index >= 15 is 0 Å². The number of methoxy groups -OCH3 is 3. The van der Waals surface area contributed by atoms with Crippen LogP contribution in [0, 0.1) is 0 Å². The van der Waals surface area contributed by atoms with E-state index in [2.05, 4.69) is 15.9 Å². The minimum Gasteiger partial charge on any atom is -0.493 e. The summed E-state index contributed by atoms with van der Waals surface area (Å²) in [6.45, 7) is 0. The van der Waals surface area contributed by atoms with Crippen LogP contribution in [0.4, 0.5) is 5.69 Å². The molecule has 0 aromatic heterocycles. The first-order chi connectivity index (χ1) is 15.1. The van der Waals surface area contributed by atoms with Crippen molar-refractivity contribution < 1.29 is 23.7 Å². The van der Waals surface area contributed by atoms with Gasteiger partial charge in [-0.2, -0.15) is 0 Å². The average molecular weight is 484 g/mol. The van der Waals surface area contributed by atoms with Gasteiger partial charge in [0.1, 0.15) is 11.8 Å². The molecule has 0 spiro atoms. The number of hydrogen-bond acceptors (Lipinski definition) is 5. The van der Waals surface area contributed by atoms with Gasteiger partial charge in [0.25, 0.3) is 5.91 Å². The molecule has 3 aromatic rings. The number of halogens is 1. The molecule has 1 heterocycles. The van der Waals surface area contributed by atoms with Crippen molar-refractivity contribution in [2.24, 2.45) is 0 Å². The van der Waals surface area contributed by atoms with Gasteiger partial charge < -0.3 is 18.9 Å². The Morgan fingerprint density at radius 1 is 0.839 bits per heavy atom. The van der Waals surface area contributed by atoms with E-state index in [9.17, 15) is 4.79 Å². The lowest BCUT2D eigenvalue weighted by molar-refractivity contribution is -0.135. The van der Waals surface area contributed by atoms with Crippen LogP contribution in [0.2, 0.25) is 0 Å². The van der Waals surface area contributed by atoms with Gasteiger partial charge in [-0.3, -0.25) is 9.69 Å². The number of amides is 1. The third kappa shape index (κ3) is 3.93. The fraction of sp³-hybridized carbons (Fsp3) is 0.208. The van der Waals surface area contributed by atoms with Gasteiger partial charge in [-0.15, -0.1) is 0 Å². The van der Waals surface area contributed by atoms with Crippen molar-refractivity contribution in [2.45, 2.75) is 12.1 Å². The Balaban J connectivity index is 1.75. The van der Waals surface area contributed by atoms with Gasteiger partial charge in [-0.05, 0) is 29.8 Å². The summed E-state index contributed by atoms with van der Waals surface area (Å²) in [5, 5.41) is 0. The summed E-state index contributed by atoms with van der Waals surface area (Å²) in [7, 11) is 4.64. The molecule has 0 saturated carbocycles. The Labute approximate surface area is 189 Å². The van der Waals surface area contributed by atoms with Crippen LogP contribution in [-0.2, 0) is 4.79 Å². The van der Waals surface area contributed by atoms with Gasteiger partial charge in [0, 0.05) is 16.6 Å². The highest BCUT2D eigenvalue weighted by Crippen LogP contribution is 2.47. The summed E-state index contributed by atoms with van der Waals surface area (Å²) in [5.74, 6) is 1.93. The topological polar surface area (TPSA) is 57.2 Å². The molecule has 1 saturated heterocycles. The smallest absolute Gasteiger partial charge is 0.271 e. The predicted octanol–water partition coefficient (Wildman–Crippen LogP) is 5.01. The number of hydrogen-bond donors (Lipinski definition) is 0. The van der Waals surface area contributed by atoms with Crippen LogP contribution in [0.15, 0.2) is 71.2 Å². The van der Waals surface area contributed by atoms with Crippen LogP contribution in [0.5, 0.6) is 23.0 Å². The second kappa shape index (κ2) is 8.89. The first kappa shape index (κ1) is 21.1. The van der Waals surface area contributed by atoms with E-state index in [0.29, 0.717) is 28.7 Å². The highest BCUT2D eigenvalue weighted by Gasteiger charge is 2.51. The fourth-order valence-electron chi connectivity index (χ4n) is 3.70. The van der Waals surface area contributed by atoms with E-state index in [1.165, 1.54) is 0 Å². The number of β-lactam (4-membered cyclic amide) rings is 1. The summed E-state index contributed by atoms with van der Waals surface area (Å²) in [6, 6.07) is 20.4. The maximum atomic E-state index is 13.2. The van der Waals surface area contributed by atoms with Crippen molar-refractivity contribution in [1.29, 1.82) is 0 Å². The molecule has 1 fully saturated rings. The molecule has 0 radical (unpaired) electrons. The lowest BCUT2D eigenvalue weighted by Crippen LogP contribution is -2.61. The molecule has 3 aromatic carbocycles. The van der Waals surface area contributed by atoms with Gasteiger partial charge >= 0.3 is 0 Å². The molecule has 1 aliphatic heterocycles. The molecule has 160 valence electrons. The zero-order valence-corrected chi connectivity index (χ0v) is 19.0. The van der Waals surface area contributed by atoms with Crippen molar-refractivity contribution >= 4 is 27.5 Å². The summed E-state index contributed by atoms with van der Waals surface area (Å²) in [6.07, 6.45) is -0.650. The maximum Gasteiger partial charge on any atom is 0.271 e. The van der Waals surface area contributed by atoms with E-state index < -0.39 is 6.10 Å². The zero-order chi connectivity index (χ0) is 22.0. The third-order valence-corrected chi connectivity index (χ3v) is 5.72. The van der Waals surface area contributed by atoms with Gasteiger partial charge in [0.15, 0.2) is 11.5 Å². The maximum absolute atomic E-state index is 13.2.